The first-order valence-corrected chi connectivity index (χ1v) is 11.2. The predicted octanol–water partition coefficient (Wildman–Crippen LogP) is 2.91. The Bertz CT molecular complexity index is 1050. The Morgan fingerprint density at radius 3 is 2.69 bits per heavy atom. The van der Waals surface area contributed by atoms with Crippen molar-refractivity contribution in [3.63, 3.8) is 0 Å². The summed E-state index contributed by atoms with van der Waals surface area (Å²) in [4.78, 5) is 12.7. The lowest BCUT2D eigenvalue weighted by Gasteiger charge is -2.11. The van der Waals surface area contributed by atoms with E-state index < -0.39 is 9.84 Å². The number of hydrogen-bond donors (Lipinski definition) is 0. The quantitative estimate of drug-likeness (QED) is 0.508. The fourth-order valence-corrected chi connectivity index (χ4v) is 5.39. The number of aryl methyl sites for hydroxylation is 1. The molecule has 0 radical (unpaired) electrons. The highest BCUT2D eigenvalue weighted by Gasteiger charge is 2.31. The third kappa shape index (κ3) is 4.59. The highest BCUT2D eigenvalue weighted by Crippen LogP contribution is 2.27. The summed E-state index contributed by atoms with van der Waals surface area (Å²) < 4.78 is 35.8. The summed E-state index contributed by atoms with van der Waals surface area (Å²) in [7, 11) is 0.174. The Morgan fingerprint density at radius 2 is 2.07 bits per heavy atom. The summed E-state index contributed by atoms with van der Waals surface area (Å²) in [6.07, 6.45) is 3.84. The lowest BCUT2D eigenvalue weighted by Crippen LogP contribution is -2.13. The van der Waals surface area contributed by atoms with E-state index in [0.717, 1.165) is 22.5 Å². The third-order valence-electron chi connectivity index (χ3n) is 5.20. The molecule has 0 aliphatic carbocycles. The van der Waals surface area contributed by atoms with Gasteiger partial charge in [-0.3, -0.25) is 9.48 Å². The number of methoxy groups -OCH3 is 2. The molecule has 0 unspecified atom stereocenters. The van der Waals surface area contributed by atoms with Crippen molar-refractivity contribution in [2.24, 2.45) is 0 Å². The van der Waals surface area contributed by atoms with Gasteiger partial charge >= 0.3 is 0 Å². The third-order valence-corrected chi connectivity index (χ3v) is 6.95. The number of hydrogen-bond acceptors (Lipinski definition) is 6. The smallest absolute Gasteiger partial charge is 0.185 e. The second-order valence-electron chi connectivity index (χ2n) is 7.24. The van der Waals surface area contributed by atoms with Crippen LogP contribution < -0.4 is 4.74 Å². The molecule has 1 atom stereocenters. The summed E-state index contributed by atoms with van der Waals surface area (Å²) in [6, 6.07) is 5.10. The molecule has 1 aromatic heterocycles. The van der Waals surface area contributed by atoms with Crippen molar-refractivity contribution in [1.82, 2.24) is 9.78 Å². The summed E-state index contributed by atoms with van der Waals surface area (Å²) >= 11 is 0. The number of carbonyl (C=O) groups is 1. The van der Waals surface area contributed by atoms with Gasteiger partial charge in [-0.2, -0.15) is 5.10 Å². The van der Waals surface area contributed by atoms with Crippen LogP contribution in [0.25, 0.3) is 6.08 Å². The number of sulfone groups is 1. The topological polar surface area (TPSA) is 87.5 Å². The minimum atomic E-state index is -2.99. The lowest BCUT2D eigenvalue weighted by atomic mass is 10.0. The molecule has 29 heavy (non-hydrogen) atoms. The molecule has 3 rings (SSSR count). The van der Waals surface area contributed by atoms with E-state index in [1.54, 1.807) is 43.2 Å². The molecule has 0 amide bonds. The van der Waals surface area contributed by atoms with Crippen molar-refractivity contribution in [3.8, 4) is 5.75 Å². The first-order chi connectivity index (χ1) is 13.8. The Kier molecular flexibility index (Phi) is 6.24. The maximum atomic E-state index is 12.7. The number of aromatic nitrogens is 2. The van der Waals surface area contributed by atoms with E-state index in [0.29, 0.717) is 24.3 Å². The zero-order valence-electron chi connectivity index (χ0n) is 17.1. The van der Waals surface area contributed by atoms with Crippen LogP contribution in [0.3, 0.4) is 0 Å². The van der Waals surface area contributed by atoms with E-state index in [9.17, 15) is 13.2 Å². The van der Waals surface area contributed by atoms with E-state index >= 15 is 0 Å². The molecule has 156 valence electrons. The van der Waals surface area contributed by atoms with E-state index in [1.165, 1.54) is 6.08 Å². The predicted molar refractivity (Wildman–Crippen MR) is 111 cm³/mol. The van der Waals surface area contributed by atoms with Gasteiger partial charge in [-0.05, 0) is 50.6 Å². The molecule has 2 heterocycles. The van der Waals surface area contributed by atoms with Crippen LogP contribution in [0.5, 0.6) is 5.75 Å². The first-order valence-electron chi connectivity index (χ1n) is 9.40. The normalized spacial score (nSPS) is 18.4. The monoisotopic (exact) mass is 418 g/mol. The molecule has 1 aliphatic rings. The van der Waals surface area contributed by atoms with Crippen LogP contribution in [0.4, 0.5) is 0 Å². The molecular weight excluding hydrogens is 392 g/mol. The summed E-state index contributed by atoms with van der Waals surface area (Å²) in [6.45, 7) is 4.11. The van der Waals surface area contributed by atoms with Gasteiger partial charge < -0.3 is 9.47 Å². The molecule has 1 aromatic carbocycles. The summed E-state index contributed by atoms with van der Waals surface area (Å²) in [5.41, 5.74) is 3.82. The van der Waals surface area contributed by atoms with Crippen LogP contribution in [0, 0.1) is 13.8 Å². The average molecular weight is 419 g/mol. The van der Waals surface area contributed by atoms with Crippen molar-refractivity contribution in [2.45, 2.75) is 32.9 Å². The maximum absolute atomic E-state index is 12.7. The molecular formula is C21H26N2O5S. The molecule has 0 spiro atoms. The number of allylic oxidation sites excluding steroid dienone is 1. The van der Waals surface area contributed by atoms with E-state index in [-0.39, 0.29) is 23.3 Å². The number of ketones is 1. The molecule has 2 aromatic rings. The van der Waals surface area contributed by atoms with Gasteiger partial charge in [0, 0.05) is 29.5 Å². The van der Waals surface area contributed by atoms with Gasteiger partial charge in [0.2, 0.25) is 0 Å². The molecule has 1 saturated heterocycles. The van der Waals surface area contributed by atoms with Crippen LogP contribution in [-0.4, -0.2) is 49.7 Å². The summed E-state index contributed by atoms with van der Waals surface area (Å²) in [5, 5.41) is 4.53. The molecule has 8 heteroatoms. The fraction of sp³-hybridized carbons (Fsp3) is 0.429. The maximum Gasteiger partial charge on any atom is 0.185 e. The molecule has 7 nitrogen and oxygen atoms in total. The average Bonchev–Trinajstić information content (AvgIpc) is 3.18. The molecule has 1 fully saturated rings. The number of nitrogens with zero attached hydrogens (tertiary/aromatic N) is 2. The van der Waals surface area contributed by atoms with E-state index in [2.05, 4.69) is 5.10 Å². The van der Waals surface area contributed by atoms with Crippen LogP contribution in [0.1, 0.15) is 45.3 Å². The highest BCUT2D eigenvalue weighted by atomic mass is 32.2. The standard InChI is InChI=1S/C21H26N2O5S/c1-14-19(15(2)23(22-14)18-9-10-29(25,26)13-18)6-7-20(24)16-5-8-21(28-4)17(11-16)12-27-3/h5-8,11,18H,9-10,12-13H2,1-4H3/b7-6+/t18-/m1/s1. The minimum absolute atomic E-state index is 0.116. The second kappa shape index (κ2) is 8.51. The van der Waals surface area contributed by atoms with Gasteiger partial charge in [0.05, 0.1) is 37.0 Å². The van der Waals surface area contributed by atoms with Crippen molar-refractivity contribution >= 4 is 21.7 Å². The van der Waals surface area contributed by atoms with Crippen LogP contribution in [-0.2, 0) is 21.2 Å². The van der Waals surface area contributed by atoms with Gasteiger partial charge in [0.25, 0.3) is 0 Å². The molecule has 1 aliphatic heterocycles. The summed E-state index contributed by atoms with van der Waals surface area (Å²) in [5.74, 6) is 0.846. The van der Waals surface area contributed by atoms with Crippen molar-refractivity contribution in [3.05, 3.63) is 52.4 Å². The highest BCUT2D eigenvalue weighted by molar-refractivity contribution is 7.91. The first kappa shape index (κ1) is 21.3. The second-order valence-corrected chi connectivity index (χ2v) is 9.47. The Hall–Kier alpha value is -2.45. The molecule has 0 N–H and O–H groups in total. The SMILES string of the molecule is COCc1cc(C(=O)/C=C/c2c(C)nn([C@@H]3CCS(=O)(=O)C3)c2C)ccc1OC. The number of rotatable bonds is 7. The number of ether oxygens (including phenoxy) is 2. The van der Waals surface area contributed by atoms with Crippen molar-refractivity contribution in [1.29, 1.82) is 0 Å². The lowest BCUT2D eigenvalue weighted by molar-refractivity contribution is 0.104. The Morgan fingerprint density at radius 1 is 1.31 bits per heavy atom. The van der Waals surface area contributed by atoms with Crippen molar-refractivity contribution < 1.29 is 22.7 Å². The van der Waals surface area contributed by atoms with Gasteiger partial charge in [0.1, 0.15) is 5.75 Å². The van der Waals surface area contributed by atoms with E-state index in [4.69, 9.17) is 9.47 Å². The number of benzene rings is 1. The van der Waals surface area contributed by atoms with Gasteiger partial charge in [-0.25, -0.2) is 8.42 Å². The zero-order chi connectivity index (χ0) is 21.2. The van der Waals surface area contributed by atoms with E-state index in [1.807, 2.05) is 13.8 Å². The number of carbonyl (C=O) groups excluding carboxylic acids is 1. The van der Waals surface area contributed by atoms with Gasteiger partial charge in [0.15, 0.2) is 15.6 Å². The molecule has 0 bridgehead atoms. The Balaban J connectivity index is 1.83. The largest absolute Gasteiger partial charge is 0.496 e. The van der Waals surface area contributed by atoms with Gasteiger partial charge in [-0.15, -0.1) is 0 Å². The fourth-order valence-electron chi connectivity index (χ4n) is 3.70. The van der Waals surface area contributed by atoms with Crippen LogP contribution >= 0.6 is 0 Å². The Labute approximate surface area is 171 Å². The van der Waals surface area contributed by atoms with Crippen molar-refractivity contribution in [2.75, 3.05) is 25.7 Å². The van der Waals surface area contributed by atoms with Crippen LogP contribution in [0.2, 0.25) is 0 Å². The van der Waals surface area contributed by atoms with Crippen LogP contribution in [0.15, 0.2) is 24.3 Å². The minimum Gasteiger partial charge on any atom is -0.496 e. The van der Waals surface area contributed by atoms with Gasteiger partial charge in [-0.1, -0.05) is 0 Å². The molecule has 0 saturated carbocycles. The zero-order valence-corrected chi connectivity index (χ0v) is 18.0.